The van der Waals surface area contributed by atoms with E-state index in [0.717, 1.165) is 11.1 Å². The summed E-state index contributed by atoms with van der Waals surface area (Å²) in [7, 11) is 0. The minimum Gasteiger partial charge on any atom is -0.375 e. The van der Waals surface area contributed by atoms with Crippen LogP contribution in [0.3, 0.4) is 0 Å². The molecule has 4 rings (SSSR count). The molecule has 0 spiro atoms. The molecule has 4 nitrogen and oxygen atoms in total. The van der Waals surface area contributed by atoms with Crippen molar-refractivity contribution in [3.8, 4) is 0 Å². The highest BCUT2D eigenvalue weighted by molar-refractivity contribution is 6.10. The minimum atomic E-state index is -1.85. The van der Waals surface area contributed by atoms with Crippen molar-refractivity contribution in [1.29, 1.82) is 0 Å². The van der Waals surface area contributed by atoms with Gasteiger partial charge in [0.05, 0.1) is 18.7 Å². The number of ketones is 1. The number of hydrogen-bond donors (Lipinski definition) is 1. The summed E-state index contributed by atoms with van der Waals surface area (Å²) in [6, 6.07) is 23.8. The van der Waals surface area contributed by atoms with Gasteiger partial charge < -0.3 is 10.0 Å². The van der Waals surface area contributed by atoms with Crippen molar-refractivity contribution in [2.24, 2.45) is 0 Å². The van der Waals surface area contributed by atoms with Crippen LogP contribution in [0.4, 0.5) is 5.69 Å². The van der Waals surface area contributed by atoms with Gasteiger partial charge in [0.15, 0.2) is 11.4 Å². The first-order valence-corrected chi connectivity index (χ1v) is 9.27. The Hall–Kier alpha value is -3.24. The van der Waals surface area contributed by atoms with Gasteiger partial charge in [-0.25, -0.2) is 0 Å². The van der Waals surface area contributed by atoms with Gasteiger partial charge in [0.25, 0.3) is 5.91 Å². The first-order valence-electron chi connectivity index (χ1n) is 9.27. The number of amides is 1. The fraction of sp³-hybridized carbons (Fsp3) is 0.167. The van der Waals surface area contributed by atoms with E-state index in [2.05, 4.69) is 0 Å². The number of benzene rings is 3. The fourth-order valence-corrected chi connectivity index (χ4v) is 3.75. The van der Waals surface area contributed by atoms with Gasteiger partial charge in [0.2, 0.25) is 0 Å². The summed E-state index contributed by atoms with van der Waals surface area (Å²) in [5.41, 5.74) is 1.84. The summed E-state index contributed by atoms with van der Waals surface area (Å²) >= 11 is 0. The summed E-state index contributed by atoms with van der Waals surface area (Å²) in [5.74, 6) is -0.717. The Labute approximate surface area is 164 Å². The zero-order chi connectivity index (χ0) is 19.7. The van der Waals surface area contributed by atoms with Crippen LogP contribution < -0.4 is 4.90 Å². The highest BCUT2D eigenvalue weighted by Gasteiger charge is 2.50. The molecule has 0 radical (unpaired) electrons. The quantitative estimate of drug-likeness (QED) is 0.690. The van der Waals surface area contributed by atoms with E-state index >= 15 is 0 Å². The molecule has 1 aliphatic heterocycles. The largest absolute Gasteiger partial charge is 0.375 e. The average molecular weight is 371 g/mol. The number of carbonyl (C=O) groups is 2. The van der Waals surface area contributed by atoms with Crippen molar-refractivity contribution in [2.75, 3.05) is 4.90 Å². The van der Waals surface area contributed by atoms with Crippen LogP contribution in [0.25, 0.3) is 0 Å². The number of carbonyl (C=O) groups excluding carboxylic acids is 2. The van der Waals surface area contributed by atoms with Gasteiger partial charge >= 0.3 is 0 Å². The lowest BCUT2D eigenvalue weighted by Crippen LogP contribution is -2.41. The lowest BCUT2D eigenvalue weighted by atomic mass is 9.88. The number of fused-ring (bicyclic) bond motifs is 1. The first-order chi connectivity index (χ1) is 13.5. The topological polar surface area (TPSA) is 57.6 Å². The van der Waals surface area contributed by atoms with Crippen LogP contribution in [0, 0.1) is 6.92 Å². The molecule has 1 aliphatic rings. The van der Waals surface area contributed by atoms with Gasteiger partial charge in [0.1, 0.15) is 0 Å². The summed E-state index contributed by atoms with van der Waals surface area (Å²) in [4.78, 5) is 27.6. The van der Waals surface area contributed by atoms with Gasteiger partial charge in [0, 0.05) is 11.1 Å². The third-order valence-corrected chi connectivity index (χ3v) is 5.34. The monoisotopic (exact) mass is 371 g/mol. The second kappa shape index (κ2) is 7.06. The molecule has 1 N–H and O–H groups in total. The highest BCUT2D eigenvalue weighted by atomic mass is 16.3. The zero-order valence-electron chi connectivity index (χ0n) is 15.6. The maximum atomic E-state index is 13.3. The molecule has 1 amide bonds. The van der Waals surface area contributed by atoms with Crippen molar-refractivity contribution < 1.29 is 14.7 Å². The number of hydrogen-bond acceptors (Lipinski definition) is 3. The maximum absolute atomic E-state index is 13.3. The average Bonchev–Trinajstić information content (AvgIpc) is 2.92. The second-order valence-electron chi connectivity index (χ2n) is 7.16. The predicted octanol–water partition coefficient (Wildman–Crippen LogP) is 4.00. The van der Waals surface area contributed by atoms with Crippen LogP contribution in [0.1, 0.15) is 33.5 Å². The van der Waals surface area contributed by atoms with E-state index in [4.69, 9.17) is 0 Å². The van der Waals surface area contributed by atoms with E-state index in [9.17, 15) is 14.7 Å². The normalized spacial score (nSPS) is 18.2. The Morgan fingerprint density at radius 1 is 0.929 bits per heavy atom. The van der Waals surface area contributed by atoms with Crippen LogP contribution in [0.2, 0.25) is 0 Å². The molecule has 3 aromatic rings. The van der Waals surface area contributed by atoms with Gasteiger partial charge in [-0.15, -0.1) is 0 Å². The van der Waals surface area contributed by atoms with E-state index in [1.165, 1.54) is 0 Å². The van der Waals surface area contributed by atoms with E-state index in [-0.39, 0.29) is 12.2 Å². The number of aryl methyl sites for hydroxylation is 1. The lowest BCUT2D eigenvalue weighted by Gasteiger charge is -2.23. The van der Waals surface area contributed by atoms with E-state index in [0.29, 0.717) is 23.4 Å². The van der Waals surface area contributed by atoms with Gasteiger partial charge in [-0.2, -0.15) is 0 Å². The van der Waals surface area contributed by atoms with Gasteiger partial charge in [-0.3, -0.25) is 9.59 Å². The number of Topliss-reactive ketones (excluding diaryl/α,β-unsaturated/α-hetero) is 1. The number of nitrogens with zero attached hydrogens (tertiary/aromatic N) is 1. The van der Waals surface area contributed by atoms with Crippen molar-refractivity contribution in [3.05, 3.63) is 101 Å². The Bertz CT molecular complexity index is 1040. The van der Waals surface area contributed by atoms with E-state index < -0.39 is 11.5 Å². The zero-order valence-corrected chi connectivity index (χ0v) is 15.6. The Morgan fingerprint density at radius 3 is 2.32 bits per heavy atom. The molecule has 0 fully saturated rings. The lowest BCUT2D eigenvalue weighted by molar-refractivity contribution is -0.136. The molecule has 4 heteroatoms. The van der Waals surface area contributed by atoms with Crippen molar-refractivity contribution >= 4 is 17.4 Å². The minimum absolute atomic E-state index is 0.260. The molecule has 1 heterocycles. The maximum Gasteiger partial charge on any atom is 0.264 e. The van der Waals surface area contributed by atoms with Gasteiger partial charge in [-0.1, -0.05) is 72.8 Å². The van der Waals surface area contributed by atoms with Crippen LogP contribution in [-0.4, -0.2) is 16.8 Å². The molecule has 3 aromatic carbocycles. The summed E-state index contributed by atoms with van der Waals surface area (Å²) in [5, 5.41) is 11.3. The first kappa shape index (κ1) is 18.1. The number of para-hydroxylation sites is 1. The smallest absolute Gasteiger partial charge is 0.264 e. The van der Waals surface area contributed by atoms with Gasteiger partial charge in [-0.05, 0) is 24.1 Å². The summed E-state index contributed by atoms with van der Waals surface area (Å²) in [6.45, 7) is 2.34. The fourth-order valence-electron chi connectivity index (χ4n) is 3.75. The second-order valence-corrected chi connectivity index (χ2v) is 7.16. The van der Waals surface area contributed by atoms with Crippen molar-refractivity contribution in [1.82, 2.24) is 0 Å². The number of aliphatic hydroxyl groups is 1. The molecule has 0 saturated heterocycles. The number of rotatable bonds is 5. The van der Waals surface area contributed by atoms with Crippen LogP contribution in [-0.2, 0) is 16.9 Å². The molecule has 0 saturated carbocycles. The molecular formula is C24H21NO3. The third kappa shape index (κ3) is 3.02. The van der Waals surface area contributed by atoms with E-state index in [1.807, 2.05) is 49.4 Å². The highest BCUT2D eigenvalue weighted by Crippen LogP contribution is 2.43. The third-order valence-electron chi connectivity index (χ3n) is 5.34. The van der Waals surface area contributed by atoms with E-state index in [1.54, 1.807) is 41.3 Å². The molecule has 1 atom stereocenters. The SMILES string of the molecule is Cc1ccccc1CN1C(=O)[C@](O)(CC(=O)c2ccccc2)c2ccccc21. The Kier molecular flexibility index (Phi) is 4.57. The van der Waals surface area contributed by atoms with Crippen LogP contribution >= 0.6 is 0 Å². The molecule has 28 heavy (non-hydrogen) atoms. The molecule has 0 unspecified atom stereocenters. The summed E-state index contributed by atoms with van der Waals surface area (Å²) in [6.07, 6.45) is -0.281. The van der Waals surface area contributed by atoms with Crippen LogP contribution in [0.15, 0.2) is 78.9 Å². The Morgan fingerprint density at radius 2 is 1.57 bits per heavy atom. The molecule has 140 valence electrons. The Balaban J connectivity index is 1.70. The molecule has 0 aromatic heterocycles. The summed E-state index contributed by atoms with van der Waals surface area (Å²) < 4.78 is 0. The van der Waals surface area contributed by atoms with Crippen molar-refractivity contribution in [2.45, 2.75) is 25.5 Å². The van der Waals surface area contributed by atoms with Crippen LogP contribution in [0.5, 0.6) is 0 Å². The predicted molar refractivity (Wildman–Crippen MR) is 108 cm³/mol. The standard InChI is InChI=1S/C24H21NO3/c1-17-9-5-6-12-19(17)16-25-21-14-8-7-13-20(21)24(28,23(25)27)15-22(26)18-10-3-2-4-11-18/h2-14,28H,15-16H2,1H3/t24-/m0/s1. The van der Waals surface area contributed by atoms with Crippen molar-refractivity contribution in [3.63, 3.8) is 0 Å². The number of anilines is 1. The molecule has 0 aliphatic carbocycles. The molecular weight excluding hydrogens is 350 g/mol. The molecule has 0 bridgehead atoms.